The molecule has 102 valence electrons. The van der Waals surface area contributed by atoms with E-state index in [4.69, 9.17) is 15.7 Å². The first-order valence-electron chi connectivity index (χ1n) is 5.84. The normalized spacial score (nSPS) is 10.1. The second-order valence-electron chi connectivity index (χ2n) is 4.21. The zero-order valence-electron chi connectivity index (χ0n) is 11.1. The van der Waals surface area contributed by atoms with Crippen LogP contribution in [0, 0.1) is 18.3 Å². The van der Waals surface area contributed by atoms with Crippen molar-refractivity contribution in [3.05, 3.63) is 41.0 Å². The molecule has 0 spiro atoms. The van der Waals surface area contributed by atoms with E-state index in [-0.39, 0.29) is 18.0 Å². The summed E-state index contributed by atoms with van der Waals surface area (Å²) in [4.78, 5) is 15.8. The molecule has 2 aromatic heterocycles. The maximum Gasteiger partial charge on any atom is 0.359 e. The SMILES string of the molecule is Cc1nn(C)c(C(=O)OCc2ccnc(C#N)c2)c1N. The summed E-state index contributed by atoms with van der Waals surface area (Å²) in [7, 11) is 1.63. The summed E-state index contributed by atoms with van der Waals surface area (Å²) in [5.41, 5.74) is 7.85. The minimum absolute atomic E-state index is 0.0414. The van der Waals surface area contributed by atoms with Gasteiger partial charge in [-0.05, 0) is 24.6 Å². The van der Waals surface area contributed by atoms with Crippen LogP contribution in [0.1, 0.15) is 27.4 Å². The second kappa shape index (κ2) is 5.40. The number of aryl methyl sites for hydroxylation is 2. The molecule has 2 rings (SSSR count). The number of anilines is 1. The second-order valence-corrected chi connectivity index (χ2v) is 4.21. The van der Waals surface area contributed by atoms with Crippen molar-refractivity contribution in [1.82, 2.24) is 14.8 Å². The van der Waals surface area contributed by atoms with Crippen LogP contribution in [-0.4, -0.2) is 20.7 Å². The number of rotatable bonds is 3. The molecule has 20 heavy (non-hydrogen) atoms. The fourth-order valence-electron chi connectivity index (χ4n) is 1.76. The molecule has 0 unspecified atom stereocenters. The van der Waals surface area contributed by atoms with Gasteiger partial charge < -0.3 is 10.5 Å². The number of pyridine rings is 1. The van der Waals surface area contributed by atoms with Gasteiger partial charge in [0.05, 0.1) is 11.4 Å². The van der Waals surface area contributed by atoms with Gasteiger partial charge in [-0.25, -0.2) is 9.78 Å². The molecule has 0 amide bonds. The monoisotopic (exact) mass is 271 g/mol. The van der Waals surface area contributed by atoms with Crippen molar-refractivity contribution in [3.63, 3.8) is 0 Å². The molecule has 0 aromatic carbocycles. The maximum absolute atomic E-state index is 12.0. The number of nitrogen functional groups attached to an aromatic ring is 1. The molecule has 0 bridgehead atoms. The minimum Gasteiger partial charge on any atom is -0.456 e. The zero-order chi connectivity index (χ0) is 14.7. The largest absolute Gasteiger partial charge is 0.456 e. The molecular formula is C13H13N5O2. The van der Waals surface area contributed by atoms with Gasteiger partial charge in [0.15, 0.2) is 5.69 Å². The lowest BCUT2D eigenvalue weighted by Gasteiger charge is -2.06. The molecule has 0 saturated carbocycles. The van der Waals surface area contributed by atoms with Crippen molar-refractivity contribution in [2.45, 2.75) is 13.5 Å². The molecule has 0 aliphatic rings. The molecule has 7 heteroatoms. The molecule has 0 atom stereocenters. The van der Waals surface area contributed by atoms with E-state index >= 15 is 0 Å². The van der Waals surface area contributed by atoms with Gasteiger partial charge >= 0.3 is 5.97 Å². The third-order valence-corrected chi connectivity index (χ3v) is 2.77. The molecule has 0 radical (unpaired) electrons. The summed E-state index contributed by atoms with van der Waals surface area (Å²) in [6.45, 7) is 1.76. The van der Waals surface area contributed by atoms with Gasteiger partial charge in [-0.1, -0.05) is 0 Å². The highest BCUT2D eigenvalue weighted by atomic mass is 16.5. The van der Waals surface area contributed by atoms with Crippen LogP contribution in [0.2, 0.25) is 0 Å². The van der Waals surface area contributed by atoms with E-state index in [0.717, 1.165) is 0 Å². The van der Waals surface area contributed by atoms with Crippen LogP contribution in [0.5, 0.6) is 0 Å². The number of hydrogen-bond donors (Lipinski definition) is 1. The van der Waals surface area contributed by atoms with E-state index in [9.17, 15) is 4.79 Å². The number of carbonyl (C=O) groups is 1. The third kappa shape index (κ3) is 2.59. The average Bonchev–Trinajstić information content (AvgIpc) is 2.70. The molecule has 2 N–H and O–H groups in total. The lowest BCUT2D eigenvalue weighted by Crippen LogP contribution is -2.12. The number of ether oxygens (including phenoxy) is 1. The highest BCUT2D eigenvalue weighted by molar-refractivity contribution is 5.93. The summed E-state index contributed by atoms with van der Waals surface area (Å²) in [6, 6.07) is 5.16. The van der Waals surface area contributed by atoms with Crippen molar-refractivity contribution in [2.75, 3.05) is 5.73 Å². The summed E-state index contributed by atoms with van der Waals surface area (Å²) >= 11 is 0. The Morgan fingerprint density at radius 1 is 1.60 bits per heavy atom. The van der Waals surface area contributed by atoms with E-state index < -0.39 is 5.97 Å². The number of nitriles is 1. The quantitative estimate of drug-likeness (QED) is 0.832. The number of nitrogens with zero attached hydrogens (tertiary/aromatic N) is 4. The number of aromatic nitrogens is 3. The Labute approximate surface area is 115 Å². The van der Waals surface area contributed by atoms with Gasteiger partial charge in [-0.15, -0.1) is 0 Å². The highest BCUT2D eigenvalue weighted by Gasteiger charge is 2.19. The Morgan fingerprint density at radius 3 is 2.95 bits per heavy atom. The van der Waals surface area contributed by atoms with E-state index in [1.165, 1.54) is 10.9 Å². The Hall–Kier alpha value is -2.88. The predicted molar refractivity (Wildman–Crippen MR) is 70.4 cm³/mol. The summed E-state index contributed by atoms with van der Waals surface area (Å²) in [6.07, 6.45) is 1.49. The van der Waals surface area contributed by atoms with Crippen LogP contribution in [0.4, 0.5) is 5.69 Å². The molecular weight excluding hydrogens is 258 g/mol. The molecule has 0 aliphatic carbocycles. The summed E-state index contributed by atoms with van der Waals surface area (Å²) < 4.78 is 6.56. The Balaban J connectivity index is 2.11. The minimum atomic E-state index is -0.555. The van der Waals surface area contributed by atoms with Gasteiger partial charge in [0, 0.05) is 13.2 Å². The Bertz CT molecular complexity index is 699. The van der Waals surface area contributed by atoms with Gasteiger partial charge in [-0.2, -0.15) is 10.4 Å². The van der Waals surface area contributed by atoms with Crippen molar-refractivity contribution in [2.24, 2.45) is 7.05 Å². The smallest absolute Gasteiger partial charge is 0.359 e. The first kappa shape index (κ1) is 13.5. The van der Waals surface area contributed by atoms with Crippen LogP contribution >= 0.6 is 0 Å². The molecule has 2 heterocycles. The van der Waals surface area contributed by atoms with E-state index in [2.05, 4.69) is 10.1 Å². The maximum atomic E-state index is 12.0. The zero-order valence-corrected chi connectivity index (χ0v) is 11.1. The van der Waals surface area contributed by atoms with Crippen LogP contribution in [0.15, 0.2) is 18.3 Å². The van der Waals surface area contributed by atoms with Gasteiger partial charge in [0.25, 0.3) is 0 Å². The lowest BCUT2D eigenvalue weighted by molar-refractivity contribution is 0.0461. The van der Waals surface area contributed by atoms with Crippen molar-refractivity contribution in [1.29, 1.82) is 5.26 Å². The standard InChI is InChI=1S/C13H13N5O2/c1-8-11(15)12(18(2)17-8)13(19)20-7-9-3-4-16-10(5-9)6-14/h3-5H,7,15H2,1-2H3. The van der Waals surface area contributed by atoms with Gasteiger partial charge in [-0.3, -0.25) is 4.68 Å². The predicted octanol–water partition coefficient (Wildman–Crippen LogP) is 0.934. The van der Waals surface area contributed by atoms with Gasteiger partial charge in [0.2, 0.25) is 0 Å². The van der Waals surface area contributed by atoms with E-state index in [0.29, 0.717) is 16.9 Å². The molecule has 0 saturated heterocycles. The summed E-state index contributed by atoms with van der Waals surface area (Å²) in [5.74, 6) is -0.555. The van der Waals surface area contributed by atoms with Crippen molar-refractivity contribution >= 4 is 11.7 Å². The fourth-order valence-corrected chi connectivity index (χ4v) is 1.76. The summed E-state index contributed by atoms with van der Waals surface area (Å²) in [5, 5.41) is 12.8. The number of esters is 1. The van der Waals surface area contributed by atoms with E-state index in [1.54, 1.807) is 26.1 Å². The average molecular weight is 271 g/mol. The van der Waals surface area contributed by atoms with Gasteiger partial charge in [0.1, 0.15) is 18.4 Å². The van der Waals surface area contributed by atoms with Crippen LogP contribution in [-0.2, 0) is 18.4 Å². The number of nitrogens with two attached hydrogens (primary N) is 1. The first-order chi connectivity index (χ1) is 9.52. The first-order valence-corrected chi connectivity index (χ1v) is 5.84. The third-order valence-electron chi connectivity index (χ3n) is 2.77. The van der Waals surface area contributed by atoms with Crippen LogP contribution < -0.4 is 5.73 Å². The Kier molecular flexibility index (Phi) is 3.66. The lowest BCUT2D eigenvalue weighted by atomic mass is 10.2. The van der Waals surface area contributed by atoms with Crippen LogP contribution in [0.3, 0.4) is 0 Å². The highest BCUT2D eigenvalue weighted by Crippen LogP contribution is 2.17. The topological polar surface area (TPSA) is 107 Å². The molecule has 0 aliphatic heterocycles. The number of hydrogen-bond acceptors (Lipinski definition) is 6. The molecule has 7 nitrogen and oxygen atoms in total. The van der Waals surface area contributed by atoms with Crippen molar-refractivity contribution in [3.8, 4) is 6.07 Å². The Morgan fingerprint density at radius 2 is 2.35 bits per heavy atom. The van der Waals surface area contributed by atoms with E-state index in [1.807, 2.05) is 6.07 Å². The molecule has 0 fully saturated rings. The van der Waals surface area contributed by atoms with Crippen molar-refractivity contribution < 1.29 is 9.53 Å². The molecule has 2 aromatic rings. The number of carbonyl (C=O) groups excluding carboxylic acids is 1. The van der Waals surface area contributed by atoms with Crippen LogP contribution in [0.25, 0.3) is 0 Å². The fraction of sp³-hybridized carbons (Fsp3) is 0.231.